The van der Waals surface area contributed by atoms with E-state index in [1.807, 2.05) is 6.07 Å². The van der Waals surface area contributed by atoms with Crippen LogP contribution in [-0.2, 0) is 4.79 Å². The van der Waals surface area contributed by atoms with Crippen LogP contribution in [-0.4, -0.2) is 43.6 Å². The number of nitrogens with zero attached hydrogens (tertiary/aromatic N) is 2. The number of carbonyl (C=O) groups is 2. The van der Waals surface area contributed by atoms with E-state index in [1.54, 1.807) is 12.3 Å². The fourth-order valence-electron chi connectivity index (χ4n) is 2.95. The second-order valence-corrected chi connectivity index (χ2v) is 6.70. The van der Waals surface area contributed by atoms with Gasteiger partial charge in [0.05, 0.1) is 24.0 Å². The summed E-state index contributed by atoms with van der Waals surface area (Å²) in [5, 5.41) is 2.85. The molecule has 1 aliphatic rings. The van der Waals surface area contributed by atoms with E-state index in [1.165, 1.54) is 32.1 Å². The van der Waals surface area contributed by atoms with Gasteiger partial charge >= 0.3 is 0 Å². The minimum atomic E-state index is -0.650. The summed E-state index contributed by atoms with van der Waals surface area (Å²) in [6.45, 7) is 1.70. The Morgan fingerprint density at radius 3 is 2.64 bits per heavy atom. The number of nitrogens with one attached hydrogen (secondary N) is 1. The molecule has 9 heteroatoms. The van der Waals surface area contributed by atoms with Crippen molar-refractivity contribution in [3.05, 3.63) is 41.0 Å². The standard InChI is InChI=1S/C19H21ClN4O4/c1-27-15-9-12(8-14(20)18(15)28-11-16(21)25)19(26)23-17-5-4-13(10-22-17)24-6-2-3-7-24/h4-5,8-10H,2-3,6-7,11H2,1H3,(H2,21,25)(H,22,23,26). The molecule has 1 aromatic heterocycles. The lowest BCUT2D eigenvalue weighted by atomic mass is 10.2. The van der Waals surface area contributed by atoms with Gasteiger partial charge in [-0.15, -0.1) is 0 Å². The van der Waals surface area contributed by atoms with Crippen LogP contribution in [0.15, 0.2) is 30.5 Å². The van der Waals surface area contributed by atoms with Gasteiger partial charge in [0.2, 0.25) is 0 Å². The number of benzene rings is 1. The highest BCUT2D eigenvalue weighted by atomic mass is 35.5. The van der Waals surface area contributed by atoms with Crippen molar-refractivity contribution >= 4 is 34.9 Å². The van der Waals surface area contributed by atoms with Crippen molar-refractivity contribution in [1.29, 1.82) is 0 Å². The molecule has 1 aliphatic heterocycles. The second-order valence-electron chi connectivity index (χ2n) is 6.29. The van der Waals surface area contributed by atoms with E-state index in [0.29, 0.717) is 5.82 Å². The molecule has 1 fully saturated rings. The Balaban J connectivity index is 1.73. The van der Waals surface area contributed by atoms with E-state index in [4.69, 9.17) is 26.8 Å². The Labute approximate surface area is 167 Å². The minimum absolute atomic E-state index is 0.128. The van der Waals surface area contributed by atoms with E-state index in [9.17, 15) is 9.59 Å². The van der Waals surface area contributed by atoms with Crippen molar-refractivity contribution in [3.63, 3.8) is 0 Å². The van der Waals surface area contributed by atoms with Crippen LogP contribution in [0.4, 0.5) is 11.5 Å². The summed E-state index contributed by atoms with van der Waals surface area (Å²) < 4.78 is 10.5. The van der Waals surface area contributed by atoms with Gasteiger partial charge in [-0.1, -0.05) is 11.6 Å². The normalized spacial score (nSPS) is 13.3. The highest BCUT2D eigenvalue weighted by Crippen LogP contribution is 2.36. The Bertz CT molecular complexity index is 867. The fourth-order valence-corrected chi connectivity index (χ4v) is 3.21. The van der Waals surface area contributed by atoms with Gasteiger partial charge in [0.1, 0.15) is 5.82 Å². The Morgan fingerprint density at radius 1 is 1.29 bits per heavy atom. The zero-order valence-corrected chi connectivity index (χ0v) is 16.2. The number of methoxy groups -OCH3 is 1. The van der Waals surface area contributed by atoms with Gasteiger partial charge in [-0.2, -0.15) is 0 Å². The van der Waals surface area contributed by atoms with Crippen LogP contribution in [0.25, 0.3) is 0 Å². The number of aromatic nitrogens is 1. The van der Waals surface area contributed by atoms with Crippen LogP contribution in [0.1, 0.15) is 23.2 Å². The SMILES string of the molecule is COc1cc(C(=O)Nc2ccc(N3CCCC3)cn2)cc(Cl)c1OCC(N)=O. The van der Waals surface area contributed by atoms with Crippen LogP contribution in [0, 0.1) is 0 Å². The molecule has 1 aromatic carbocycles. The van der Waals surface area contributed by atoms with Crippen molar-refractivity contribution in [1.82, 2.24) is 4.98 Å². The molecule has 2 aromatic rings. The van der Waals surface area contributed by atoms with Crippen molar-refractivity contribution < 1.29 is 19.1 Å². The number of primary amides is 1. The second kappa shape index (κ2) is 8.79. The van der Waals surface area contributed by atoms with Crippen molar-refractivity contribution in [2.75, 3.05) is 37.0 Å². The summed E-state index contributed by atoms with van der Waals surface area (Å²) in [6, 6.07) is 6.58. The van der Waals surface area contributed by atoms with Crippen LogP contribution in [0.3, 0.4) is 0 Å². The third-order valence-electron chi connectivity index (χ3n) is 4.31. The number of hydrogen-bond donors (Lipinski definition) is 2. The highest BCUT2D eigenvalue weighted by Gasteiger charge is 2.17. The van der Waals surface area contributed by atoms with E-state index in [-0.39, 0.29) is 28.7 Å². The Kier molecular flexibility index (Phi) is 6.20. The summed E-state index contributed by atoms with van der Waals surface area (Å²) in [5.41, 5.74) is 6.38. The maximum atomic E-state index is 12.6. The molecule has 8 nitrogen and oxygen atoms in total. The van der Waals surface area contributed by atoms with Gasteiger partial charge in [0, 0.05) is 18.7 Å². The number of amides is 2. The molecule has 1 saturated heterocycles. The number of pyridine rings is 1. The summed E-state index contributed by atoms with van der Waals surface area (Å²) in [6.07, 6.45) is 4.11. The molecule has 3 N–H and O–H groups in total. The Morgan fingerprint density at radius 2 is 2.04 bits per heavy atom. The zero-order chi connectivity index (χ0) is 20.1. The molecule has 0 unspecified atom stereocenters. The van der Waals surface area contributed by atoms with Crippen molar-refractivity contribution in [3.8, 4) is 11.5 Å². The zero-order valence-electron chi connectivity index (χ0n) is 15.4. The summed E-state index contributed by atoms with van der Waals surface area (Å²) in [5.74, 6) is -0.257. The minimum Gasteiger partial charge on any atom is -0.493 e. The van der Waals surface area contributed by atoms with Crippen LogP contribution in [0.5, 0.6) is 11.5 Å². The number of nitrogens with two attached hydrogens (primary N) is 1. The van der Waals surface area contributed by atoms with Crippen LogP contribution >= 0.6 is 11.6 Å². The maximum Gasteiger partial charge on any atom is 0.257 e. The smallest absolute Gasteiger partial charge is 0.257 e. The molecular weight excluding hydrogens is 384 g/mol. The predicted octanol–water partition coefficient (Wildman–Crippen LogP) is 2.46. The molecule has 0 bridgehead atoms. The number of halogens is 1. The van der Waals surface area contributed by atoms with Gasteiger partial charge in [0.15, 0.2) is 18.1 Å². The summed E-state index contributed by atoms with van der Waals surface area (Å²) >= 11 is 6.18. The molecule has 0 spiro atoms. The molecule has 0 saturated carbocycles. The predicted molar refractivity (Wildman–Crippen MR) is 106 cm³/mol. The molecule has 2 amide bonds. The summed E-state index contributed by atoms with van der Waals surface area (Å²) in [7, 11) is 1.41. The molecule has 0 atom stereocenters. The molecule has 3 rings (SSSR count). The number of carbonyl (C=O) groups excluding carboxylic acids is 2. The lowest BCUT2D eigenvalue weighted by Gasteiger charge is -2.17. The van der Waals surface area contributed by atoms with Gasteiger partial charge < -0.3 is 25.4 Å². The molecule has 2 heterocycles. The fraction of sp³-hybridized carbons (Fsp3) is 0.316. The van der Waals surface area contributed by atoms with E-state index in [2.05, 4.69) is 15.2 Å². The monoisotopic (exact) mass is 404 g/mol. The molecule has 148 valence electrons. The van der Waals surface area contributed by atoms with Crippen molar-refractivity contribution in [2.24, 2.45) is 5.73 Å². The first-order chi connectivity index (χ1) is 13.5. The number of ether oxygens (including phenoxy) is 2. The van der Waals surface area contributed by atoms with E-state index in [0.717, 1.165) is 18.8 Å². The number of rotatable bonds is 7. The van der Waals surface area contributed by atoms with Gasteiger partial charge in [-0.3, -0.25) is 9.59 Å². The van der Waals surface area contributed by atoms with Crippen LogP contribution in [0.2, 0.25) is 5.02 Å². The highest BCUT2D eigenvalue weighted by molar-refractivity contribution is 6.32. The van der Waals surface area contributed by atoms with Gasteiger partial charge in [0.25, 0.3) is 11.8 Å². The maximum absolute atomic E-state index is 12.6. The average molecular weight is 405 g/mol. The Hall–Kier alpha value is -3.00. The summed E-state index contributed by atoms with van der Waals surface area (Å²) in [4.78, 5) is 30.0. The molecule has 0 radical (unpaired) electrons. The topological polar surface area (TPSA) is 107 Å². The number of anilines is 2. The van der Waals surface area contributed by atoms with E-state index >= 15 is 0 Å². The quantitative estimate of drug-likeness (QED) is 0.734. The molecule has 28 heavy (non-hydrogen) atoms. The molecular formula is C19H21ClN4O4. The first-order valence-electron chi connectivity index (χ1n) is 8.79. The average Bonchev–Trinajstić information content (AvgIpc) is 3.21. The van der Waals surface area contributed by atoms with Crippen LogP contribution < -0.4 is 25.4 Å². The van der Waals surface area contributed by atoms with E-state index < -0.39 is 11.8 Å². The lowest BCUT2D eigenvalue weighted by Crippen LogP contribution is -2.20. The third kappa shape index (κ3) is 4.64. The lowest BCUT2D eigenvalue weighted by molar-refractivity contribution is -0.119. The van der Waals surface area contributed by atoms with Gasteiger partial charge in [-0.25, -0.2) is 4.98 Å². The first kappa shape index (κ1) is 19.8. The first-order valence-corrected chi connectivity index (χ1v) is 9.16. The largest absolute Gasteiger partial charge is 0.493 e. The third-order valence-corrected chi connectivity index (χ3v) is 4.59. The molecule has 0 aliphatic carbocycles. The van der Waals surface area contributed by atoms with Crippen molar-refractivity contribution in [2.45, 2.75) is 12.8 Å². The number of hydrogen-bond acceptors (Lipinski definition) is 6. The van der Waals surface area contributed by atoms with Gasteiger partial charge in [-0.05, 0) is 37.1 Å².